The number of nitrogens with one attached hydrogen (secondary N) is 1. The van der Waals surface area contributed by atoms with E-state index in [1.807, 2.05) is 0 Å². The van der Waals surface area contributed by atoms with E-state index in [-0.39, 0.29) is 0 Å². The molecule has 1 heterocycles. The lowest BCUT2D eigenvalue weighted by molar-refractivity contribution is 0.126. The van der Waals surface area contributed by atoms with Crippen LogP contribution in [0.3, 0.4) is 0 Å². The summed E-state index contributed by atoms with van der Waals surface area (Å²) in [5, 5.41) is 3.73. The second-order valence-corrected chi connectivity index (χ2v) is 6.39. The Morgan fingerprint density at radius 3 is 2.56 bits per heavy atom. The molecule has 1 aliphatic carbocycles. The summed E-state index contributed by atoms with van der Waals surface area (Å²) >= 11 is 0. The molecular weight excluding hydrogens is 196 g/mol. The Bertz CT molecular complexity index is 221. The molecule has 16 heavy (non-hydrogen) atoms. The Labute approximate surface area is 101 Å². The van der Waals surface area contributed by atoms with Crippen LogP contribution < -0.4 is 5.32 Å². The van der Waals surface area contributed by atoms with Crippen molar-refractivity contribution >= 4 is 0 Å². The summed E-state index contributed by atoms with van der Waals surface area (Å²) in [5.41, 5.74) is 0.481. The Morgan fingerprint density at radius 2 is 2.00 bits per heavy atom. The van der Waals surface area contributed by atoms with Crippen LogP contribution in [0.5, 0.6) is 0 Å². The van der Waals surface area contributed by atoms with Gasteiger partial charge in [-0.2, -0.15) is 0 Å². The van der Waals surface area contributed by atoms with Crippen molar-refractivity contribution in [2.75, 3.05) is 26.2 Å². The van der Waals surface area contributed by atoms with Crippen LogP contribution in [0, 0.1) is 11.3 Å². The van der Waals surface area contributed by atoms with Crippen LogP contribution in [0.1, 0.15) is 46.5 Å². The molecule has 1 aliphatic heterocycles. The van der Waals surface area contributed by atoms with Gasteiger partial charge in [0.15, 0.2) is 0 Å². The van der Waals surface area contributed by atoms with Crippen molar-refractivity contribution in [3.63, 3.8) is 0 Å². The molecule has 2 heteroatoms. The largest absolute Gasteiger partial charge is 0.312 e. The quantitative estimate of drug-likeness (QED) is 0.772. The Hall–Kier alpha value is -0.0800. The minimum absolute atomic E-state index is 0.481. The molecule has 0 amide bonds. The smallest absolute Gasteiger partial charge is 0.0246 e. The van der Waals surface area contributed by atoms with Crippen molar-refractivity contribution in [2.45, 2.75) is 52.5 Å². The zero-order chi connectivity index (χ0) is 11.6. The van der Waals surface area contributed by atoms with E-state index in [1.165, 1.54) is 51.9 Å². The molecular formula is C14H28N2. The van der Waals surface area contributed by atoms with E-state index in [4.69, 9.17) is 0 Å². The van der Waals surface area contributed by atoms with Crippen molar-refractivity contribution in [1.82, 2.24) is 10.2 Å². The highest BCUT2D eigenvalue weighted by Crippen LogP contribution is 2.32. The molecule has 1 N–H and O–H groups in total. The summed E-state index contributed by atoms with van der Waals surface area (Å²) in [6.07, 6.45) is 5.67. The SMILES string of the molecule is CCN(CC1CC1)CC1NCCCC1(C)C. The van der Waals surface area contributed by atoms with Gasteiger partial charge in [-0.1, -0.05) is 20.8 Å². The predicted molar refractivity (Wildman–Crippen MR) is 69.6 cm³/mol. The van der Waals surface area contributed by atoms with Crippen molar-refractivity contribution in [1.29, 1.82) is 0 Å². The van der Waals surface area contributed by atoms with Crippen LogP contribution >= 0.6 is 0 Å². The van der Waals surface area contributed by atoms with Gasteiger partial charge < -0.3 is 10.2 Å². The van der Waals surface area contributed by atoms with Crippen LogP contribution in [0.4, 0.5) is 0 Å². The Morgan fingerprint density at radius 1 is 1.25 bits per heavy atom. The third-order valence-corrected chi connectivity index (χ3v) is 4.43. The first-order valence-corrected chi connectivity index (χ1v) is 7.07. The lowest BCUT2D eigenvalue weighted by Gasteiger charge is -2.42. The Kier molecular flexibility index (Phi) is 3.91. The van der Waals surface area contributed by atoms with Crippen molar-refractivity contribution < 1.29 is 0 Å². The molecule has 0 aromatic heterocycles. The van der Waals surface area contributed by atoms with E-state index in [9.17, 15) is 0 Å². The van der Waals surface area contributed by atoms with E-state index in [2.05, 4.69) is 31.0 Å². The summed E-state index contributed by atoms with van der Waals surface area (Å²) in [6.45, 7) is 12.2. The number of rotatable bonds is 5. The average Bonchev–Trinajstić information content (AvgIpc) is 3.03. The van der Waals surface area contributed by atoms with E-state index in [0.29, 0.717) is 11.5 Å². The normalized spacial score (nSPS) is 29.6. The maximum atomic E-state index is 3.73. The highest BCUT2D eigenvalue weighted by atomic mass is 15.2. The van der Waals surface area contributed by atoms with Gasteiger partial charge in [0, 0.05) is 19.1 Å². The highest BCUT2D eigenvalue weighted by molar-refractivity contribution is 4.91. The fraction of sp³-hybridized carbons (Fsp3) is 1.00. The van der Waals surface area contributed by atoms with Crippen molar-refractivity contribution in [3.8, 4) is 0 Å². The number of likely N-dealkylation sites (N-methyl/N-ethyl adjacent to an activating group) is 1. The minimum atomic E-state index is 0.481. The fourth-order valence-corrected chi connectivity index (χ4v) is 2.84. The molecule has 0 radical (unpaired) electrons. The molecule has 1 unspecified atom stereocenters. The van der Waals surface area contributed by atoms with Gasteiger partial charge in [-0.15, -0.1) is 0 Å². The van der Waals surface area contributed by atoms with Gasteiger partial charge in [0.2, 0.25) is 0 Å². The molecule has 0 aromatic rings. The molecule has 0 aromatic carbocycles. The molecule has 0 bridgehead atoms. The third-order valence-electron chi connectivity index (χ3n) is 4.43. The third kappa shape index (κ3) is 3.21. The number of hydrogen-bond acceptors (Lipinski definition) is 2. The number of hydrogen-bond donors (Lipinski definition) is 1. The summed E-state index contributed by atoms with van der Waals surface area (Å²) in [6, 6.07) is 0.694. The molecule has 1 saturated carbocycles. The molecule has 2 nitrogen and oxygen atoms in total. The molecule has 1 atom stereocenters. The summed E-state index contributed by atoms with van der Waals surface area (Å²) in [5.74, 6) is 1.02. The van der Waals surface area contributed by atoms with Crippen LogP contribution in [0.25, 0.3) is 0 Å². The topological polar surface area (TPSA) is 15.3 Å². The van der Waals surface area contributed by atoms with Crippen LogP contribution in [0.15, 0.2) is 0 Å². The molecule has 1 saturated heterocycles. The maximum Gasteiger partial charge on any atom is 0.0246 e. The zero-order valence-electron chi connectivity index (χ0n) is 11.3. The Balaban J connectivity index is 1.84. The standard InChI is InChI=1S/C14H28N2/c1-4-16(10-12-6-7-12)11-13-14(2,3)8-5-9-15-13/h12-13,15H,4-11H2,1-3H3. The van der Waals surface area contributed by atoms with E-state index in [1.54, 1.807) is 0 Å². The summed E-state index contributed by atoms with van der Waals surface area (Å²) in [7, 11) is 0. The highest BCUT2D eigenvalue weighted by Gasteiger charge is 2.33. The number of piperidine rings is 1. The number of nitrogens with zero attached hydrogens (tertiary/aromatic N) is 1. The zero-order valence-corrected chi connectivity index (χ0v) is 11.3. The molecule has 2 fully saturated rings. The van der Waals surface area contributed by atoms with E-state index in [0.717, 1.165) is 5.92 Å². The first kappa shape index (κ1) is 12.4. The van der Waals surface area contributed by atoms with E-state index < -0.39 is 0 Å². The first-order valence-electron chi connectivity index (χ1n) is 7.07. The van der Waals surface area contributed by atoms with Gasteiger partial charge in [-0.05, 0) is 50.1 Å². The van der Waals surface area contributed by atoms with Gasteiger partial charge in [-0.3, -0.25) is 0 Å². The first-order chi connectivity index (χ1) is 7.62. The molecule has 2 aliphatic rings. The molecule has 94 valence electrons. The summed E-state index contributed by atoms with van der Waals surface area (Å²) < 4.78 is 0. The van der Waals surface area contributed by atoms with Crippen LogP contribution in [0.2, 0.25) is 0 Å². The van der Waals surface area contributed by atoms with Crippen molar-refractivity contribution in [3.05, 3.63) is 0 Å². The van der Waals surface area contributed by atoms with Crippen LogP contribution in [-0.4, -0.2) is 37.1 Å². The minimum Gasteiger partial charge on any atom is -0.312 e. The van der Waals surface area contributed by atoms with Gasteiger partial charge in [-0.25, -0.2) is 0 Å². The summed E-state index contributed by atoms with van der Waals surface area (Å²) in [4.78, 5) is 2.66. The fourth-order valence-electron chi connectivity index (χ4n) is 2.84. The van der Waals surface area contributed by atoms with Gasteiger partial charge in [0.1, 0.15) is 0 Å². The maximum absolute atomic E-state index is 3.73. The lowest BCUT2D eigenvalue weighted by Crippen LogP contribution is -2.53. The van der Waals surface area contributed by atoms with Crippen molar-refractivity contribution in [2.24, 2.45) is 11.3 Å². The molecule has 2 rings (SSSR count). The predicted octanol–water partition coefficient (Wildman–Crippen LogP) is 2.50. The van der Waals surface area contributed by atoms with Crippen LogP contribution in [-0.2, 0) is 0 Å². The average molecular weight is 224 g/mol. The molecule has 0 spiro atoms. The second kappa shape index (κ2) is 5.05. The van der Waals surface area contributed by atoms with E-state index >= 15 is 0 Å². The second-order valence-electron chi connectivity index (χ2n) is 6.39. The monoisotopic (exact) mass is 224 g/mol. The van der Waals surface area contributed by atoms with Gasteiger partial charge in [0.05, 0.1) is 0 Å². The lowest BCUT2D eigenvalue weighted by atomic mass is 9.77. The van der Waals surface area contributed by atoms with Gasteiger partial charge in [0.25, 0.3) is 0 Å². The van der Waals surface area contributed by atoms with Gasteiger partial charge >= 0.3 is 0 Å².